The molecule has 0 aromatic rings. The van der Waals surface area contributed by atoms with Gasteiger partial charge in [-0.1, -0.05) is 247 Å². The van der Waals surface area contributed by atoms with Crippen molar-refractivity contribution in [2.45, 2.75) is 303 Å². The molecule has 0 heterocycles. The van der Waals surface area contributed by atoms with Crippen molar-refractivity contribution in [1.29, 1.82) is 0 Å². The number of carbonyl (C=O) groups excluding carboxylic acids is 3. The molecular formula is C66H114O6. The van der Waals surface area contributed by atoms with E-state index in [1.807, 2.05) is 0 Å². The van der Waals surface area contributed by atoms with Gasteiger partial charge in [-0.25, -0.2) is 0 Å². The molecule has 0 spiro atoms. The minimum absolute atomic E-state index is 0.0847. The van der Waals surface area contributed by atoms with Crippen molar-refractivity contribution < 1.29 is 28.6 Å². The van der Waals surface area contributed by atoms with Gasteiger partial charge >= 0.3 is 17.9 Å². The topological polar surface area (TPSA) is 78.9 Å². The molecule has 414 valence electrons. The summed E-state index contributed by atoms with van der Waals surface area (Å²) >= 11 is 0. The number of unbranched alkanes of at least 4 members (excludes halogenated alkanes) is 30. The van der Waals surface area contributed by atoms with E-state index in [9.17, 15) is 14.4 Å². The van der Waals surface area contributed by atoms with Crippen LogP contribution in [-0.4, -0.2) is 37.2 Å². The number of hydrogen-bond acceptors (Lipinski definition) is 6. The van der Waals surface area contributed by atoms with E-state index in [0.717, 1.165) is 103 Å². The van der Waals surface area contributed by atoms with Crippen LogP contribution in [0.5, 0.6) is 0 Å². The van der Waals surface area contributed by atoms with E-state index in [0.29, 0.717) is 19.3 Å². The fourth-order valence-corrected chi connectivity index (χ4v) is 8.52. The van der Waals surface area contributed by atoms with E-state index < -0.39 is 6.10 Å². The van der Waals surface area contributed by atoms with Gasteiger partial charge in [0.15, 0.2) is 6.10 Å². The van der Waals surface area contributed by atoms with Gasteiger partial charge < -0.3 is 14.2 Å². The van der Waals surface area contributed by atoms with E-state index in [2.05, 4.69) is 106 Å². The highest BCUT2D eigenvalue weighted by Gasteiger charge is 2.19. The van der Waals surface area contributed by atoms with Gasteiger partial charge in [0.2, 0.25) is 0 Å². The number of esters is 3. The molecule has 0 radical (unpaired) electrons. The van der Waals surface area contributed by atoms with Gasteiger partial charge in [0.1, 0.15) is 13.2 Å². The molecule has 0 aliphatic heterocycles. The molecule has 1 unspecified atom stereocenters. The molecule has 6 nitrogen and oxygen atoms in total. The molecule has 0 saturated heterocycles. The van der Waals surface area contributed by atoms with Crippen molar-refractivity contribution in [1.82, 2.24) is 0 Å². The summed E-state index contributed by atoms with van der Waals surface area (Å²) in [5.41, 5.74) is 0. The zero-order chi connectivity index (χ0) is 52.2. The molecule has 0 fully saturated rings. The number of rotatable bonds is 55. The normalized spacial score (nSPS) is 12.7. The summed E-state index contributed by atoms with van der Waals surface area (Å²) in [6, 6.07) is 0. The Balaban J connectivity index is 4.41. The summed E-state index contributed by atoms with van der Waals surface area (Å²) in [6.07, 6.45) is 78.5. The van der Waals surface area contributed by atoms with Gasteiger partial charge in [-0.2, -0.15) is 0 Å². The third-order valence-electron chi connectivity index (χ3n) is 13.1. The van der Waals surface area contributed by atoms with E-state index >= 15 is 0 Å². The maximum absolute atomic E-state index is 12.9. The lowest BCUT2D eigenvalue weighted by Crippen LogP contribution is -2.30. The molecule has 6 heteroatoms. The zero-order valence-corrected chi connectivity index (χ0v) is 47.4. The van der Waals surface area contributed by atoms with Crippen LogP contribution in [0.25, 0.3) is 0 Å². The van der Waals surface area contributed by atoms with Crippen LogP contribution >= 0.6 is 0 Å². The van der Waals surface area contributed by atoms with Crippen molar-refractivity contribution in [2.24, 2.45) is 0 Å². The van der Waals surface area contributed by atoms with Gasteiger partial charge in [-0.3, -0.25) is 14.4 Å². The fourth-order valence-electron chi connectivity index (χ4n) is 8.52. The molecular weight excluding hydrogens is 889 g/mol. The average Bonchev–Trinajstić information content (AvgIpc) is 3.38. The van der Waals surface area contributed by atoms with Crippen LogP contribution in [0.3, 0.4) is 0 Å². The fraction of sp³-hybridized carbons (Fsp3) is 0.742. The minimum Gasteiger partial charge on any atom is -0.462 e. The van der Waals surface area contributed by atoms with Crippen molar-refractivity contribution >= 4 is 17.9 Å². The smallest absolute Gasteiger partial charge is 0.306 e. The lowest BCUT2D eigenvalue weighted by Gasteiger charge is -2.18. The molecule has 1 atom stereocenters. The maximum Gasteiger partial charge on any atom is 0.306 e. The standard InChI is InChI=1S/C66H114O6/c1-4-7-10-13-16-19-22-25-28-31-33-36-38-41-44-47-50-53-56-59-65(68)71-62-63(61-70-64(67)58-55-52-49-46-43-40-37-34-30-27-24-21-18-15-12-9-6-3)72-66(69)60-57-54-51-48-45-42-39-35-32-29-26-23-20-17-14-11-8-5-2/h9,12,16,18-21,23,25,27-30,32,63H,4-8,10-11,13-15,17,22,24,26,31,33-62H2,1-3H3/b12-9-,19-16-,21-18-,23-20-,28-25-,30-27-,32-29-. The first-order valence-electron chi connectivity index (χ1n) is 30.6. The highest BCUT2D eigenvalue weighted by molar-refractivity contribution is 5.71. The Labute approximate surface area is 445 Å². The summed E-state index contributed by atoms with van der Waals surface area (Å²) in [4.78, 5) is 38.3. The van der Waals surface area contributed by atoms with Crippen molar-refractivity contribution in [3.05, 3.63) is 85.1 Å². The zero-order valence-electron chi connectivity index (χ0n) is 47.4. The lowest BCUT2D eigenvalue weighted by atomic mass is 10.1. The first-order valence-corrected chi connectivity index (χ1v) is 30.6. The van der Waals surface area contributed by atoms with Gasteiger partial charge in [0.25, 0.3) is 0 Å². The largest absolute Gasteiger partial charge is 0.462 e. The summed E-state index contributed by atoms with van der Waals surface area (Å²) in [7, 11) is 0. The molecule has 0 aliphatic rings. The van der Waals surface area contributed by atoms with Crippen molar-refractivity contribution in [3.8, 4) is 0 Å². The molecule has 72 heavy (non-hydrogen) atoms. The highest BCUT2D eigenvalue weighted by Crippen LogP contribution is 2.15. The first-order chi connectivity index (χ1) is 35.5. The van der Waals surface area contributed by atoms with Crippen LogP contribution < -0.4 is 0 Å². The Morgan fingerprint density at radius 3 is 0.875 bits per heavy atom. The molecule has 0 bridgehead atoms. The van der Waals surface area contributed by atoms with E-state index in [1.165, 1.54) is 154 Å². The first kappa shape index (κ1) is 68.6. The average molecular weight is 1000 g/mol. The van der Waals surface area contributed by atoms with Crippen LogP contribution in [0.15, 0.2) is 85.1 Å². The number of hydrogen-bond donors (Lipinski definition) is 0. The molecule has 0 amide bonds. The maximum atomic E-state index is 12.9. The van der Waals surface area contributed by atoms with Gasteiger partial charge in [-0.05, 0) is 116 Å². The predicted molar refractivity (Wildman–Crippen MR) is 311 cm³/mol. The third kappa shape index (κ3) is 57.5. The molecule has 0 aliphatic carbocycles. The Morgan fingerprint density at radius 1 is 0.292 bits per heavy atom. The molecule has 0 N–H and O–H groups in total. The Morgan fingerprint density at radius 2 is 0.542 bits per heavy atom. The van der Waals surface area contributed by atoms with Crippen LogP contribution in [-0.2, 0) is 28.6 Å². The van der Waals surface area contributed by atoms with Gasteiger partial charge in [0, 0.05) is 19.3 Å². The van der Waals surface area contributed by atoms with Gasteiger partial charge in [-0.15, -0.1) is 0 Å². The second kappa shape index (κ2) is 60.1. The lowest BCUT2D eigenvalue weighted by molar-refractivity contribution is -0.167. The summed E-state index contributed by atoms with van der Waals surface area (Å²) in [5, 5.41) is 0. The summed E-state index contributed by atoms with van der Waals surface area (Å²) in [6.45, 7) is 6.50. The quantitative estimate of drug-likeness (QED) is 0.0261. The highest BCUT2D eigenvalue weighted by atomic mass is 16.6. The second-order valence-corrected chi connectivity index (χ2v) is 20.2. The number of ether oxygens (including phenoxy) is 3. The summed E-state index contributed by atoms with van der Waals surface area (Å²) < 4.78 is 16.9. The van der Waals surface area contributed by atoms with Crippen molar-refractivity contribution in [3.63, 3.8) is 0 Å². The Bertz CT molecular complexity index is 1380. The van der Waals surface area contributed by atoms with E-state index in [-0.39, 0.29) is 31.1 Å². The molecule has 0 aromatic heterocycles. The van der Waals surface area contributed by atoms with E-state index in [4.69, 9.17) is 14.2 Å². The number of carbonyl (C=O) groups is 3. The second-order valence-electron chi connectivity index (χ2n) is 20.2. The Hall–Kier alpha value is -3.41. The van der Waals surface area contributed by atoms with Crippen LogP contribution in [0.4, 0.5) is 0 Å². The minimum atomic E-state index is -0.788. The van der Waals surface area contributed by atoms with E-state index in [1.54, 1.807) is 0 Å². The van der Waals surface area contributed by atoms with Crippen LogP contribution in [0, 0.1) is 0 Å². The monoisotopic (exact) mass is 1000 g/mol. The molecule has 0 rings (SSSR count). The van der Waals surface area contributed by atoms with Crippen molar-refractivity contribution in [2.75, 3.05) is 13.2 Å². The Kier molecular flexibility index (Phi) is 57.3. The number of allylic oxidation sites excluding steroid dienone is 14. The summed E-state index contributed by atoms with van der Waals surface area (Å²) in [5.74, 6) is -0.897. The third-order valence-corrected chi connectivity index (χ3v) is 13.1. The SMILES string of the molecule is CC/C=C\C/C=C\C/C=C\CCCCCCCCCC(=O)OCC(COC(=O)CCCCCCCCCCC/C=C\C/C=C\CCCCC)OC(=O)CCCCCCCCC/C=C\C/C=C\CCCCCC. The molecule has 0 saturated carbocycles. The van der Waals surface area contributed by atoms with Crippen LogP contribution in [0.2, 0.25) is 0 Å². The predicted octanol–water partition coefficient (Wildman–Crippen LogP) is 20.7. The van der Waals surface area contributed by atoms with Crippen LogP contribution in [0.1, 0.15) is 297 Å². The van der Waals surface area contributed by atoms with Gasteiger partial charge in [0.05, 0.1) is 0 Å². The molecule has 0 aromatic carbocycles.